The number of aliphatic hydroxyl groups is 1. The molecular formula is C25H33FO5. The lowest BCUT2D eigenvalue weighted by Crippen LogP contribution is -2.49. The van der Waals surface area contributed by atoms with Crippen LogP contribution in [0.3, 0.4) is 0 Å². The van der Waals surface area contributed by atoms with Crippen molar-refractivity contribution in [2.75, 3.05) is 19.8 Å². The van der Waals surface area contributed by atoms with Crippen LogP contribution in [0, 0.1) is 29.0 Å². The number of hydrogen-bond donors (Lipinski definition) is 1. The lowest BCUT2D eigenvalue weighted by molar-refractivity contribution is -0.185. The molecule has 1 aromatic rings. The normalized spacial score (nSPS) is 33.1. The van der Waals surface area contributed by atoms with E-state index in [1.54, 1.807) is 20.8 Å². The number of carbonyl (C=O) groups excluding carboxylic acids is 1. The molecule has 5 fully saturated rings. The average molecular weight is 433 g/mol. The third-order valence-electron chi connectivity index (χ3n) is 7.57. The van der Waals surface area contributed by atoms with E-state index >= 15 is 0 Å². The second kappa shape index (κ2) is 7.17. The lowest BCUT2D eigenvalue weighted by Gasteiger charge is -2.56. The Morgan fingerprint density at radius 1 is 1.13 bits per heavy atom. The summed E-state index contributed by atoms with van der Waals surface area (Å²) in [4.78, 5) is 12.5. The molecule has 1 aromatic carbocycles. The first-order valence-corrected chi connectivity index (χ1v) is 11.5. The molecule has 6 rings (SSSR count). The third kappa shape index (κ3) is 3.97. The van der Waals surface area contributed by atoms with Gasteiger partial charge in [-0.3, -0.25) is 0 Å². The standard InChI is InChI=1S/C25H33FO5/c1-23(2,3)31-22(27)18-7-19(25(28)13-29-14-25)21(8-20(18)26)30-12-24-9-15-4-16(10-24)6-17(5-15)11-24/h7-8,15-17,28H,4-6,9-14H2,1-3H3. The maximum atomic E-state index is 15.0. The van der Waals surface area contributed by atoms with Gasteiger partial charge in [0.25, 0.3) is 0 Å². The zero-order valence-corrected chi connectivity index (χ0v) is 18.7. The van der Waals surface area contributed by atoms with Gasteiger partial charge in [-0.2, -0.15) is 0 Å². The molecule has 5 aliphatic rings. The van der Waals surface area contributed by atoms with Gasteiger partial charge in [-0.05, 0) is 83.1 Å². The highest BCUT2D eigenvalue weighted by atomic mass is 19.1. The molecule has 1 N–H and O–H groups in total. The van der Waals surface area contributed by atoms with Gasteiger partial charge in [0.05, 0.1) is 25.4 Å². The van der Waals surface area contributed by atoms with Crippen LogP contribution in [0.4, 0.5) is 4.39 Å². The van der Waals surface area contributed by atoms with Crippen LogP contribution in [-0.2, 0) is 15.1 Å². The van der Waals surface area contributed by atoms with E-state index in [1.807, 2.05) is 0 Å². The van der Waals surface area contributed by atoms with Crippen LogP contribution >= 0.6 is 0 Å². The molecule has 1 heterocycles. The average Bonchev–Trinajstić information content (AvgIpc) is 2.62. The molecule has 0 unspecified atom stereocenters. The van der Waals surface area contributed by atoms with Crippen molar-refractivity contribution in [3.05, 3.63) is 29.1 Å². The van der Waals surface area contributed by atoms with Crippen molar-refractivity contribution in [2.24, 2.45) is 23.2 Å². The van der Waals surface area contributed by atoms with Gasteiger partial charge in [-0.1, -0.05) is 0 Å². The van der Waals surface area contributed by atoms with Crippen LogP contribution in [0.15, 0.2) is 12.1 Å². The molecule has 1 aliphatic heterocycles. The van der Waals surface area contributed by atoms with Crippen molar-refractivity contribution in [3.8, 4) is 5.75 Å². The molecule has 31 heavy (non-hydrogen) atoms. The Morgan fingerprint density at radius 3 is 2.19 bits per heavy atom. The Balaban J connectivity index is 1.41. The van der Waals surface area contributed by atoms with Gasteiger partial charge in [0.1, 0.15) is 22.8 Å². The van der Waals surface area contributed by atoms with Crippen molar-refractivity contribution in [2.45, 2.75) is 70.5 Å². The summed E-state index contributed by atoms with van der Waals surface area (Å²) in [5.41, 5.74) is -1.64. The second-order valence-corrected chi connectivity index (χ2v) is 11.6. The van der Waals surface area contributed by atoms with Crippen LogP contribution in [0.25, 0.3) is 0 Å². The van der Waals surface area contributed by atoms with E-state index in [1.165, 1.54) is 50.7 Å². The molecule has 6 heteroatoms. The Bertz CT molecular complexity index is 847. The zero-order valence-electron chi connectivity index (χ0n) is 18.7. The second-order valence-electron chi connectivity index (χ2n) is 11.6. The monoisotopic (exact) mass is 432 g/mol. The first-order valence-electron chi connectivity index (χ1n) is 11.5. The molecule has 4 bridgehead atoms. The molecule has 4 aliphatic carbocycles. The number of benzene rings is 1. The van der Waals surface area contributed by atoms with E-state index in [9.17, 15) is 14.3 Å². The smallest absolute Gasteiger partial charge is 0.341 e. The Morgan fingerprint density at radius 2 is 1.71 bits per heavy atom. The highest BCUT2D eigenvalue weighted by Crippen LogP contribution is 2.60. The molecule has 0 radical (unpaired) electrons. The first kappa shape index (κ1) is 21.2. The van der Waals surface area contributed by atoms with Crippen molar-refractivity contribution in [1.82, 2.24) is 0 Å². The zero-order chi connectivity index (χ0) is 22.0. The van der Waals surface area contributed by atoms with Gasteiger partial charge in [0.15, 0.2) is 0 Å². The summed E-state index contributed by atoms with van der Waals surface area (Å²) in [6, 6.07) is 2.63. The highest BCUT2D eigenvalue weighted by Gasteiger charge is 2.51. The van der Waals surface area contributed by atoms with Crippen LogP contribution in [0.1, 0.15) is 75.2 Å². The van der Waals surface area contributed by atoms with Gasteiger partial charge in [0, 0.05) is 17.0 Å². The Labute approximate surface area is 183 Å². The van der Waals surface area contributed by atoms with Crippen molar-refractivity contribution in [3.63, 3.8) is 0 Å². The summed E-state index contributed by atoms with van der Waals surface area (Å²) in [7, 11) is 0. The summed E-state index contributed by atoms with van der Waals surface area (Å²) in [6.07, 6.45) is 7.59. The molecule has 1 saturated heterocycles. The van der Waals surface area contributed by atoms with Crippen molar-refractivity contribution >= 4 is 5.97 Å². The number of rotatable bonds is 5. The molecule has 0 spiro atoms. The van der Waals surface area contributed by atoms with Crippen LogP contribution in [0.2, 0.25) is 0 Å². The topological polar surface area (TPSA) is 65.0 Å². The fourth-order valence-electron chi connectivity index (χ4n) is 6.68. The molecule has 170 valence electrons. The fraction of sp³-hybridized carbons (Fsp3) is 0.720. The van der Waals surface area contributed by atoms with E-state index in [-0.39, 0.29) is 24.2 Å². The maximum absolute atomic E-state index is 15.0. The van der Waals surface area contributed by atoms with Gasteiger partial charge in [0.2, 0.25) is 0 Å². The summed E-state index contributed by atoms with van der Waals surface area (Å²) in [6.45, 7) is 5.94. The summed E-state index contributed by atoms with van der Waals surface area (Å²) >= 11 is 0. The van der Waals surface area contributed by atoms with Gasteiger partial charge in [-0.15, -0.1) is 0 Å². The molecule has 4 saturated carbocycles. The number of esters is 1. The third-order valence-corrected chi connectivity index (χ3v) is 7.57. The van der Waals surface area contributed by atoms with Crippen molar-refractivity contribution < 1.29 is 28.5 Å². The molecular weight excluding hydrogens is 399 g/mol. The minimum atomic E-state index is -1.28. The van der Waals surface area contributed by atoms with Crippen molar-refractivity contribution in [1.29, 1.82) is 0 Å². The van der Waals surface area contributed by atoms with E-state index in [0.717, 1.165) is 17.8 Å². The quantitative estimate of drug-likeness (QED) is 0.689. The van der Waals surface area contributed by atoms with Gasteiger partial charge >= 0.3 is 5.97 Å². The lowest BCUT2D eigenvalue weighted by atomic mass is 9.50. The largest absolute Gasteiger partial charge is 0.493 e. The summed E-state index contributed by atoms with van der Waals surface area (Å²) < 4.78 is 31.8. The van der Waals surface area contributed by atoms with E-state index in [0.29, 0.717) is 17.9 Å². The van der Waals surface area contributed by atoms with Gasteiger partial charge < -0.3 is 19.3 Å². The molecule has 0 amide bonds. The van der Waals surface area contributed by atoms with Crippen LogP contribution in [-0.4, -0.2) is 36.5 Å². The SMILES string of the molecule is CC(C)(C)OC(=O)c1cc(C2(O)COC2)c(OCC23CC4CC(CC(C4)C2)C3)cc1F. The number of ether oxygens (including phenoxy) is 3. The molecule has 0 atom stereocenters. The minimum Gasteiger partial charge on any atom is -0.493 e. The highest BCUT2D eigenvalue weighted by molar-refractivity contribution is 5.90. The molecule has 5 nitrogen and oxygen atoms in total. The number of carbonyl (C=O) groups is 1. The predicted molar refractivity (Wildman–Crippen MR) is 112 cm³/mol. The minimum absolute atomic E-state index is 0.0973. The predicted octanol–water partition coefficient (Wildman–Crippen LogP) is 4.59. The van der Waals surface area contributed by atoms with E-state index in [4.69, 9.17) is 14.2 Å². The van der Waals surface area contributed by atoms with Gasteiger partial charge in [-0.25, -0.2) is 9.18 Å². The van der Waals surface area contributed by atoms with E-state index in [2.05, 4.69) is 0 Å². The number of hydrogen-bond acceptors (Lipinski definition) is 5. The molecule has 0 aromatic heterocycles. The van der Waals surface area contributed by atoms with Crippen LogP contribution < -0.4 is 4.74 Å². The number of halogens is 1. The fourth-order valence-corrected chi connectivity index (χ4v) is 6.68. The first-order chi connectivity index (χ1) is 14.5. The summed E-state index contributed by atoms with van der Waals surface area (Å²) in [5, 5.41) is 11.0. The Hall–Kier alpha value is -1.66. The summed E-state index contributed by atoms with van der Waals surface area (Å²) in [5.74, 6) is 1.26. The van der Waals surface area contributed by atoms with E-state index < -0.39 is 23.0 Å². The van der Waals surface area contributed by atoms with Crippen LogP contribution in [0.5, 0.6) is 5.75 Å². The maximum Gasteiger partial charge on any atom is 0.341 e. The Kier molecular flexibility index (Phi) is 4.91.